The van der Waals surface area contributed by atoms with Crippen LogP contribution in [-0.2, 0) is 0 Å². The molecule has 110 valence electrons. The van der Waals surface area contributed by atoms with Gasteiger partial charge < -0.3 is 15.5 Å². The van der Waals surface area contributed by atoms with Crippen LogP contribution in [0.3, 0.4) is 0 Å². The van der Waals surface area contributed by atoms with Crippen molar-refractivity contribution < 1.29 is 9.42 Å². The number of halogens is 1. The summed E-state index contributed by atoms with van der Waals surface area (Å²) in [6.07, 6.45) is 0. The highest BCUT2D eigenvalue weighted by atomic mass is 35.5. The van der Waals surface area contributed by atoms with Crippen molar-refractivity contribution in [2.45, 2.75) is 0 Å². The second kappa shape index (κ2) is 5.61. The number of nitrogens with zero attached hydrogens (tertiary/aromatic N) is 4. The first-order chi connectivity index (χ1) is 10.2. The lowest BCUT2D eigenvalue weighted by molar-refractivity contribution is 0.0736. The summed E-state index contributed by atoms with van der Waals surface area (Å²) >= 11 is 6.19. The van der Waals surface area contributed by atoms with E-state index in [9.17, 15) is 4.79 Å². The number of nitrogen functional groups attached to an aromatic ring is 1. The molecule has 1 fully saturated rings. The van der Waals surface area contributed by atoms with Crippen molar-refractivity contribution in [2.24, 2.45) is 0 Å². The number of hydrogen-bond acceptors (Lipinski definition) is 6. The minimum Gasteiger partial charge on any atom is -0.379 e. The quantitative estimate of drug-likeness (QED) is 0.898. The van der Waals surface area contributed by atoms with E-state index in [4.69, 9.17) is 17.3 Å². The van der Waals surface area contributed by atoms with Gasteiger partial charge in [0.25, 0.3) is 5.91 Å². The van der Waals surface area contributed by atoms with Crippen LogP contribution >= 0.6 is 11.6 Å². The van der Waals surface area contributed by atoms with Crippen molar-refractivity contribution in [1.29, 1.82) is 0 Å². The molecule has 1 amide bonds. The number of anilines is 2. The number of piperazine rings is 1. The van der Waals surface area contributed by atoms with Crippen molar-refractivity contribution in [3.8, 4) is 0 Å². The molecule has 2 aromatic rings. The Morgan fingerprint density at radius 1 is 1.19 bits per heavy atom. The first kappa shape index (κ1) is 13.7. The first-order valence-electron chi connectivity index (χ1n) is 6.53. The van der Waals surface area contributed by atoms with Crippen molar-refractivity contribution in [2.75, 3.05) is 36.8 Å². The van der Waals surface area contributed by atoms with Gasteiger partial charge >= 0.3 is 0 Å². The number of rotatable bonds is 2. The van der Waals surface area contributed by atoms with Crippen LogP contribution in [0.1, 0.15) is 10.5 Å². The van der Waals surface area contributed by atoms with Gasteiger partial charge in [-0.3, -0.25) is 4.79 Å². The normalized spacial score (nSPS) is 15.3. The highest BCUT2D eigenvalue weighted by molar-refractivity contribution is 6.33. The molecular formula is C13H14ClN5O2. The minimum atomic E-state index is -0.257. The minimum absolute atomic E-state index is 0.0218. The number of hydrogen-bond donors (Lipinski definition) is 1. The molecule has 0 radical (unpaired) electrons. The molecule has 1 aliphatic heterocycles. The zero-order valence-corrected chi connectivity index (χ0v) is 12.0. The number of nitrogens with two attached hydrogens (primary N) is 1. The Morgan fingerprint density at radius 3 is 2.52 bits per heavy atom. The van der Waals surface area contributed by atoms with E-state index in [1.807, 2.05) is 24.3 Å². The van der Waals surface area contributed by atoms with E-state index < -0.39 is 0 Å². The molecule has 3 rings (SSSR count). The number of benzene rings is 1. The van der Waals surface area contributed by atoms with Gasteiger partial charge in [0.1, 0.15) is 0 Å². The fourth-order valence-corrected chi connectivity index (χ4v) is 2.61. The molecule has 0 bridgehead atoms. The molecule has 0 unspecified atom stereocenters. The predicted molar refractivity (Wildman–Crippen MR) is 78.3 cm³/mol. The zero-order chi connectivity index (χ0) is 14.8. The van der Waals surface area contributed by atoms with E-state index in [2.05, 4.69) is 19.8 Å². The van der Waals surface area contributed by atoms with E-state index in [1.54, 1.807) is 4.90 Å². The number of carbonyl (C=O) groups excluding carboxylic acids is 1. The van der Waals surface area contributed by atoms with E-state index >= 15 is 0 Å². The smallest absolute Gasteiger partial charge is 0.280 e. The summed E-state index contributed by atoms with van der Waals surface area (Å²) in [6.45, 7) is 2.52. The van der Waals surface area contributed by atoms with E-state index in [-0.39, 0.29) is 17.4 Å². The molecule has 2 heterocycles. The topological polar surface area (TPSA) is 88.5 Å². The lowest BCUT2D eigenvalue weighted by Gasteiger charge is -2.36. The Morgan fingerprint density at radius 2 is 1.90 bits per heavy atom. The number of carbonyl (C=O) groups is 1. The molecule has 0 aliphatic carbocycles. The lowest BCUT2D eigenvalue weighted by Crippen LogP contribution is -2.49. The molecular weight excluding hydrogens is 294 g/mol. The Labute approximate surface area is 126 Å². The molecule has 0 saturated carbocycles. The van der Waals surface area contributed by atoms with E-state index in [0.717, 1.165) is 5.69 Å². The number of para-hydroxylation sites is 1. The van der Waals surface area contributed by atoms with E-state index in [1.165, 1.54) is 0 Å². The van der Waals surface area contributed by atoms with Gasteiger partial charge in [-0.05, 0) is 22.4 Å². The second-order valence-electron chi connectivity index (χ2n) is 4.73. The summed E-state index contributed by atoms with van der Waals surface area (Å²) in [5, 5.41) is 7.68. The number of amides is 1. The van der Waals surface area contributed by atoms with E-state index in [0.29, 0.717) is 31.2 Å². The maximum atomic E-state index is 12.2. The summed E-state index contributed by atoms with van der Waals surface area (Å²) in [6, 6.07) is 7.67. The zero-order valence-electron chi connectivity index (χ0n) is 11.2. The molecule has 21 heavy (non-hydrogen) atoms. The third-order valence-electron chi connectivity index (χ3n) is 3.48. The molecule has 0 atom stereocenters. The fraction of sp³-hybridized carbons (Fsp3) is 0.308. The van der Waals surface area contributed by atoms with Gasteiger partial charge in [0.2, 0.25) is 11.5 Å². The monoisotopic (exact) mass is 307 g/mol. The van der Waals surface area contributed by atoms with Crippen LogP contribution in [0.25, 0.3) is 0 Å². The van der Waals surface area contributed by atoms with Gasteiger partial charge in [-0.2, -0.15) is 0 Å². The Kier molecular flexibility index (Phi) is 3.66. The summed E-state index contributed by atoms with van der Waals surface area (Å²) < 4.78 is 4.46. The standard InChI is InChI=1S/C13H14ClN5O2/c14-9-3-1-2-4-10(9)18-5-7-19(8-6-18)13(20)11-12(15)17-21-16-11/h1-4H,5-8H2,(H2,15,17). The molecule has 1 aromatic heterocycles. The van der Waals surface area contributed by atoms with Gasteiger partial charge in [0.05, 0.1) is 10.7 Å². The van der Waals surface area contributed by atoms with Crippen LogP contribution in [-0.4, -0.2) is 47.3 Å². The van der Waals surface area contributed by atoms with Gasteiger partial charge in [-0.15, -0.1) is 0 Å². The van der Waals surface area contributed by atoms with Crippen molar-refractivity contribution in [1.82, 2.24) is 15.2 Å². The largest absolute Gasteiger partial charge is 0.379 e. The lowest BCUT2D eigenvalue weighted by atomic mass is 10.2. The summed E-state index contributed by atoms with van der Waals surface area (Å²) in [5.41, 5.74) is 6.59. The highest BCUT2D eigenvalue weighted by Gasteiger charge is 2.26. The predicted octanol–water partition coefficient (Wildman–Crippen LogP) is 1.27. The average molecular weight is 308 g/mol. The first-order valence-corrected chi connectivity index (χ1v) is 6.91. The third kappa shape index (κ3) is 2.64. The van der Waals surface area contributed by atoms with Gasteiger partial charge in [0.15, 0.2) is 0 Å². The molecule has 1 aliphatic rings. The maximum absolute atomic E-state index is 12.2. The average Bonchev–Trinajstić information content (AvgIpc) is 2.93. The Hall–Kier alpha value is -2.28. The Balaban J connectivity index is 1.67. The fourth-order valence-electron chi connectivity index (χ4n) is 2.35. The van der Waals surface area contributed by atoms with Crippen molar-refractivity contribution in [3.63, 3.8) is 0 Å². The van der Waals surface area contributed by atoms with Crippen LogP contribution in [0.15, 0.2) is 28.9 Å². The summed E-state index contributed by atoms with van der Waals surface area (Å²) in [5.74, 6) is -0.235. The molecule has 1 aromatic carbocycles. The van der Waals surface area contributed by atoms with Crippen LogP contribution in [0.4, 0.5) is 11.5 Å². The number of aromatic nitrogens is 2. The molecule has 8 heteroatoms. The summed E-state index contributed by atoms with van der Waals surface area (Å²) in [7, 11) is 0. The van der Waals surface area contributed by atoms with Crippen LogP contribution in [0.2, 0.25) is 5.02 Å². The SMILES string of the molecule is Nc1nonc1C(=O)N1CCN(c2ccccc2Cl)CC1. The van der Waals surface area contributed by atoms with Gasteiger partial charge in [0, 0.05) is 26.2 Å². The highest BCUT2D eigenvalue weighted by Crippen LogP contribution is 2.26. The van der Waals surface area contributed by atoms with Crippen molar-refractivity contribution in [3.05, 3.63) is 35.0 Å². The second-order valence-corrected chi connectivity index (χ2v) is 5.14. The van der Waals surface area contributed by atoms with Gasteiger partial charge in [-0.25, -0.2) is 4.63 Å². The van der Waals surface area contributed by atoms with Crippen LogP contribution in [0, 0.1) is 0 Å². The molecule has 7 nitrogen and oxygen atoms in total. The molecule has 2 N–H and O–H groups in total. The molecule has 0 spiro atoms. The van der Waals surface area contributed by atoms with Crippen LogP contribution < -0.4 is 10.6 Å². The maximum Gasteiger partial charge on any atom is 0.280 e. The Bertz CT molecular complexity index is 652. The van der Waals surface area contributed by atoms with Crippen molar-refractivity contribution >= 4 is 29.0 Å². The van der Waals surface area contributed by atoms with Crippen LogP contribution in [0.5, 0.6) is 0 Å². The van der Waals surface area contributed by atoms with Gasteiger partial charge in [-0.1, -0.05) is 23.7 Å². The third-order valence-corrected chi connectivity index (χ3v) is 3.80. The summed E-state index contributed by atoms with van der Waals surface area (Å²) in [4.78, 5) is 16.1. The molecule has 1 saturated heterocycles.